The number of nitrogens with one attached hydrogen (secondary N) is 1. The van der Waals surface area contributed by atoms with Gasteiger partial charge in [-0.15, -0.1) is 0 Å². The zero-order valence-corrected chi connectivity index (χ0v) is 13.0. The van der Waals surface area contributed by atoms with Gasteiger partial charge in [-0.3, -0.25) is 0 Å². The average molecular weight is 292 g/mol. The van der Waals surface area contributed by atoms with Crippen LogP contribution in [0.3, 0.4) is 0 Å². The van der Waals surface area contributed by atoms with Crippen LogP contribution in [-0.2, 0) is 13.0 Å². The lowest BCUT2D eigenvalue weighted by Crippen LogP contribution is -1.99. The number of rotatable bonds is 5. The molecule has 0 amide bonds. The number of anilines is 2. The summed E-state index contributed by atoms with van der Waals surface area (Å²) < 4.78 is 2.10. The third-order valence-corrected chi connectivity index (χ3v) is 3.54. The molecular formula is C18H20N4. The molecule has 2 heterocycles. The van der Waals surface area contributed by atoms with Crippen LogP contribution < -0.4 is 5.32 Å². The molecule has 1 N–H and O–H groups in total. The topological polar surface area (TPSA) is 42.7 Å². The van der Waals surface area contributed by atoms with Crippen LogP contribution in [0.1, 0.15) is 16.7 Å². The first-order valence-electron chi connectivity index (χ1n) is 7.46. The number of nitrogens with zero attached hydrogens (tertiary/aromatic N) is 3. The molecule has 3 aromatic rings. The molecule has 0 spiro atoms. The molecule has 0 atom stereocenters. The zero-order valence-electron chi connectivity index (χ0n) is 13.0. The van der Waals surface area contributed by atoms with Crippen molar-refractivity contribution in [1.82, 2.24) is 14.5 Å². The van der Waals surface area contributed by atoms with Gasteiger partial charge in [-0.25, -0.2) is 9.97 Å². The van der Waals surface area contributed by atoms with Gasteiger partial charge in [-0.1, -0.05) is 35.9 Å². The number of hydrogen-bond donors (Lipinski definition) is 1. The highest BCUT2D eigenvalue weighted by atomic mass is 15.1. The molecule has 0 fully saturated rings. The molecule has 22 heavy (non-hydrogen) atoms. The molecule has 0 bridgehead atoms. The minimum Gasteiger partial charge on any atom is -0.335 e. The summed E-state index contributed by atoms with van der Waals surface area (Å²) in [7, 11) is 0. The number of hydrogen-bond acceptors (Lipinski definition) is 3. The number of pyridine rings is 1. The molecular weight excluding hydrogens is 272 g/mol. The van der Waals surface area contributed by atoms with Gasteiger partial charge < -0.3 is 9.88 Å². The van der Waals surface area contributed by atoms with Crippen LogP contribution in [0.2, 0.25) is 0 Å². The van der Waals surface area contributed by atoms with E-state index in [1.165, 1.54) is 11.1 Å². The second-order valence-corrected chi connectivity index (χ2v) is 5.58. The molecule has 0 aliphatic rings. The Balaban J connectivity index is 1.60. The lowest BCUT2D eigenvalue weighted by molar-refractivity contribution is 0.695. The second-order valence-electron chi connectivity index (χ2n) is 5.58. The van der Waals surface area contributed by atoms with Crippen LogP contribution in [0.25, 0.3) is 0 Å². The second kappa shape index (κ2) is 6.43. The molecule has 0 radical (unpaired) electrons. The molecule has 2 aromatic heterocycles. The van der Waals surface area contributed by atoms with Crippen LogP contribution >= 0.6 is 0 Å². The molecule has 0 aliphatic carbocycles. The van der Waals surface area contributed by atoms with Gasteiger partial charge in [0.2, 0.25) is 0 Å². The van der Waals surface area contributed by atoms with Gasteiger partial charge in [0.1, 0.15) is 11.6 Å². The first-order chi connectivity index (χ1) is 10.7. The standard InChI is InChI=1S/C18H20N4/c1-14-4-3-5-16(10-14)8-9-22-12-18(20-13-22)21-17-7-6-15(2)11-19-17/h3-7,10-13H,8-9H2,1-2H3,(H,19,21). The van der Waals surface area contributed by atoms with Gasteiger partial charge in [-0.05, 0) is 37.5 Å². The third-order valence-electron chi connectivity index (χ3n) is 3.54. The summed E-state index contributed by atoms with van der Waals surface area (Å²) in [5.41, 5.74) is 3.80. The summed E-state index contributed by atoms with van der Waals surface area (Å²) in [5, 5.41) is 3.22. The normalized spacial score (nSPS) is 10.6. The van der Waals surface area contributed by atoms with Crippen molar-refractivity contribution in [3.8, 4) is 0 Å². The third kappa shape index (κ3) is 3.73. The smallest absolute Gasteiger partial charge is 0.149 e. The average Bonchev–Trinajstić information content (AvgIpc) is 2.95. The number of aromatic nitrogens is 3. The van der Waals surface area contributed by atoms with Crippen molar-refractivity contribution in [2.45, 2.75) is 26.8 Å². The van der Waals surface area contributed by atoms with E-state index >= 15 is 0 Å². The first-order valence-corrected chi connectivity index (χ1v) is 7.46. The van der Waals surface area contributed by atoms with E-state index in [0.29, 0.717) is 0 Å². The Labute approximate surface area is 130 Å². The Morgan fingerprint density at radius 3 is 2.68 bits per heavy atom. The highest BCUT2D eigenvalue weighted by Crippen LogP contribution is 2.13. The van der Waals surface area contributed by atoms with Crippen LogP contribution in [0.5, 0.6) is 0 Å². The maximum absolute atomic E-state index is 4.38. The summed E-state index contributed by atoms with van der Waals surface area (Å²) in [6.45, 7) is 5.06. The molecule has 112 valence electrons. The Morgan fingerprint density at radius 1 is 1.00 bits per heavy atom. The Hall–Kier alpha value is -2.62. The Kier molecular flexibility index (Phi) is 4.19. The highest BCUT2D eigenvalue weighted by molar-refractivity contribution is 5.50. The van der Waals surface area contributed by atoms with Crippen LogP contribution in [-0.4, -0.2) is 14.5 Å². The molecule has 4 nitrogen and oxygen atoms in total. The van der Waals surface area contributed by atoms with Crippen molar-refractivity contribution >= 4 is 11.6 Å². The van der Waals surface area contributed by atoms with E-state index in [-0.39, 0.29) is 0 Å². The SMILES string of the molecule is Cc1ccc(Nc2cn(CCc3cccc(C)c3)cn2)nc1. The molecule has 3 rings (SSSR count). The fourth-order valence-electron chi connectivity index (χ4n) is 2.35. The zero-order chi connectivity index (χ0) is 15.4. The van der Waals surface area contributed by atoms with Gasteiger partial charge in [0, 0.05) is 18.9 Å². The molecule has 0 aliphatic heterocycles. The maximum atomic E-state index is 4.38. The Bertz CT molecular complexity index is 744. The van der Waals surface area contributed by atoms with Gasteiger partial charge in [-0.2, -0.15) is 0 Å². The lowest BCUT2D eigenvalue weighted by atomic mass is 10.1. The molecule has 0 saturated heterocycles. The molecule has 1 aromatic carbocycles. The fourth-order valence-corrected chi connectivity index (χ4v) is 2.35. The summed E-state index contributed by atoms with van der Waals surface area (Å²) in [5.74, 6) is 1.63. The predicted molar refractivity (Wildman–Crippen MR) is 89.4 cm³/mol. The van der Waals surface area contributed by atoms with E-state index in [9.17, 15) is 0 Å². The van der Waals surface area contributed by atoms with Crippen molar-refractivity contribution in [1.29, 1.82) is 0 Å². The number of imidazole rings is 1. The monoisotopic (exact) mass is 292 g/mol. The van der Waals surface area contributed by atoms with Gasteiger partial charge in [0.25, 0.3) is 0 Å². The minimum absolute atomic E-state index is 0.814. The molecule has 4 heteroatoms. The largest absolute Gasteiger partial charge is 0.335 e. The molecule has 0 saturated carbocycles. The van der Waals surface area contributed by atoms with E-state index in [1.807, 2.05) is 37.8 Å². The summed E-state index contributed by atoms with van der Waals surface area (Å²) in [6, 6.07) is 12.6. The van der Waals surface area contributed by atoms with E-state index < -0.39 is 0 Å². The first kappa shape index (κ1) is 14.3. The van der Waals surface area contributed by atoms with E-state index in [2.05, 4.69) is 51.0 Å². The van der Waals surface area contributed by atoms with E-state index in [4.69, 9.17) is 0 Å². The van der Waals surface area contributed by atoms with Gasteiger partial charge in [0.05, 0.1) is 6.33 Å². The summed E-state index contributed by atoms with van der Waals surface area (Å²) >= 11 is 0. The quantitative estimate of drug-likeness (QED) is 0.776. The highest BCUT2D eigenvalue weighted by Gasteiger charge is 2.01. The van der Waals surface area contributed by atoms with Gasteiger partial charge >= 0.3 is 0 Å². The van der Waals surface area contributed by atoms with Crippen LogP contribution in [0.15, 0.2) is 55.1 Å². The van der Waals surface area contributed by atoms with Crippen molar-refractivity contribution < 1.29 is 0 Å². The summed E-state index contributed by atoms with van der Waals surface area (Å²) in [6.07, 6.45) is 6.71. The van der Waals surface area contributed by atoms with Gasteiger partial charge in [0.15, 0.2) is 0 Å². The maximum Gasteiger partial charge on any atom is 0.149 e. The Morgan fingerprint density at radius 2 is 1.91 bits per heavy atom. The molecule has 0 unspecified atom stereocenters. The number of benzene rings is 1. The van der Waals surface area contributed by atoms with E-state index in [1.54, 1.807) is 0 Å². The predicted octanol–water partition coefficient (Wildman–Crippen LogP) is 3.88. The van der Waals surface area contributed by atoms with Crippen molar-refractivity contribution in [3.05, 3.63) is 71.8 Å². The summed E-state index contributed by atoms with van der Waals surface area (Å²) in [4.78, 5) is 8.70. The minimum atomic E-state index is 0.814. The van der Waals surface area contributed by atoms with Crippen molar-refractivity contribution in [3.63, 3.8) is 0 Å². The van der Waals surface area contributed by atoms with Crippen molar-refractivity contribution in [2.75, 3.05) is 5.32 Å². The fraction of sp³-hybridized carbons (Fsp3) is 0.222. The van der Waals surface area contributed by atoms with E-state index in [0.717, 1.165) is 30.2 Å². The lowest BCUT2D eigenvalue weighted by Gasteiger charge is -2.04. The number of aryl methyl sites for hydroxylation is 4. The van der Waals surface area contributed by atoms with Crippen molar-refractivity contribution in [2.24, 2.45) is 0 Å². The van der Waals surface area contributed by atoms with Crippen LogP contribution in [0, 0.1) is 13.8 Å². The van der Waals surface area contributed by atoms with Crippen LogP contribution in [0.4, 0.5) is 11.6 Å².